The standard InChI is InChI=1S/C12H22N2O3/c1-4-17-12(16)10-5-7-14(8-6-10)9(2)11(15)13-3/h9-10H,4-8H2,1-3H3,(H,13,15). The van der Waals surface area contributed by atoms with Crippen LogP contribution in [-0.2, 0) is 14.3 Å². The van der Waals surface area contributed by atoms with Crippen molar-refractivity contribution in [2.24, 2.45) is 5.92 Å². The summed E-state index contributed by atoms with van der Waals surface area (Å²) < 4.78 is 5.01. The number of rotatable bonds is 4. The van der Waals surface area contributed by atoms with E-state index >= 15 is 0 Å². The number of carbonyl (C=O) groups excluding carboxylic acids is 2. The van der Waals surface area contributed by atoms with Crippen molar-refractivity contribution in [3.05, 3.63) is 0 Å². The van der Waals surface area contributed by atoms with Crippen LogP contribution in [-0.4, -0.2) is 49.6 Å². The minimum absolute atomic E-state index is 0.00286. The van der Waals surface area contributed by atoms with E-state index in [-0.39, 0.29) is 23.8 Å². The molecule has 1 atom stereocenters. The third-order valence-electron chi connectivity index (χ3n) is 3.32. The van der Waals surface area contributed by atoms with Gasteiger partial charge in [0.15, 0.2) is 0 Å². The molecular formula is C12H22N2O3. The normalized spacial score (nSPS) is 19.7. The lowest BCUT2D eigenvalue weighted by atomic mass is 9.96. The van der Waals surface area contributed by atoms with E-state index in [0.717, 1.165) is 25.9 Å². The Kier molecular flexibility index (Phi) is 5.41. The summed E-state index contributed by atoms with van der Waals surface area (Å²) in [6.07, 6.45) is 1.56. The van der Waals surface area contributed by atoms with Crippen LogP contribution in [0.5, 0.6) is 0 Å². The second kappa shape index (κ2) is 6.59. The molecule has 17 heavy (non-hydrogen) atoms. The summed E-state index contributed by atoms with van der Waals surface area (Å²) in [6.45, 7) is 5.70. The van der Waals surface area contributed by atoms with Gasteiger partial charge in [0.2, 0.25) is 5.91 Å². The van der Waals surface area contributed by atoms with E-state index in [0.29, 0.717) is 6.61 Å². The van der Waals surface area contributed by atoms with Crippen LogP contribution in [0.4, 0.5) is 0 Å². The first kappa shape index (κ1) is 14.0. The number of esters is 1. The molecule has 1 fully saturated rings. The molecular weight excluding hydrogens is 220 g/mol. The van der Waals surface area contributed by atoms with E-state index < -0.39 is 0 Å². The summed E-state index contributed by atoms with van der Waals surface area (Å²) in [5.41, 5.74) is 0. The number of piperidine rings is 1. The molecule has 0 saturated carbocycles. The number of hydrogen-bond acceptors (Lipinski definition) is 4. The first-order chi connectivity index (χ1) is 8.10. The smallest absolute Gasteiger partial charge is 0.309 e. The van der Waals surface area contributed by atoms with Crippen LogP contribution in [0.3, 0.4) is 0 Å². The number of likely N-dealkylation sites (tertiary alicyclic amines) is 1. The van der Waals surface area contributed by atoms with E-state index in [1.54, 1.807) is 7.05 Å². The SMILES string of the molecule is CCOC(=O)C1CCN(C(C)C(=O)NC)CC1. The highest BCUT2D eigenvalue weighted by Crippen LogP contribution is 2.20. The van der Waals surface area contributed by atoms with E-state index in [9.17, 15) is 9.59 Å². The van der Waals surface area contributed by atoms with E-state index in [1.807, 2.05) is 13.8 Å². The lowest BCUT2D eigenvalue weighted by Gasteiger charge is -2.34. The van der Waals surface area contributed by atoms with Crippen molar-refractivity contribution in [1.29, 1.82) is 0 Å². The minimum atomic E-state index is -0.122. The third kappa shape index (κ3) is 3.70. The first-order valence-electron chi connectivity index (χ1n) is 6.22. The van der Waals surface area contributed by atoms with E-state index in [4.69, 9.17) is 4.74 Å². The second-order valence-electron chi connectivity index (χ2n) is 4.35. The van der Waals surface area contributed by atoms with Crippen LogP contribution in [0.2, 0.25) is 0 Å². The van der Waals surface area contributed by atoms with Gasteiger partial charge in [-0.05, 0) is 39.8 Å². The van der Waals surface area contributed by atoms with Gasteiger partial charge in [-0.1, -0.05) is 0 Å². The van der Waals surface area contributed by atoms with Crippen molar-refractivity contribution in [2.45, 2.75) is 32.7 Å². The number of carbonyl (C=O) groups is 2. The largest absolute Gasteiger partial charge is 0.466 e. The lowest BCUT2D eigenvalue weighted by Crippen LogP contribution is -2.48. The lowest BCUT2D eigenvalue weighted by molar-refractivity contribution is -0.149. The topological polar surface area (TPSA) is 58.6 Å². The molecule has 0 aromatic carbocycles. The Morgan fingerprint density at radius 3 is 2.47 bits per heavy atom. The van der Waals surface area contributed by atoms with E-state index in [2.05, 4.69) is 10.2 Å². The molecule has 98 valence electrons. The second-order valence-corrected chi connectivity index (χ2v) is 4.35. The number of likely N-dealkylation sites (N-methyl/N-ethyl adjacent to an activating group) is 1. The average Bonchev–Trinajstić information content (AvgIpc) is 2.37. The molecule has 0 aromatic rings. The number of hydrogen-bond donors (Lipinski definition) is 1. The Hall–Kier alpha value is -1.10. The van der Waals surface area contributed by atoms with Crippen LogP contribution in [0, 0.1) is 5.92 Å². The molecule has 1 N–H and O–H groups in total. The number of ether oxygens (including phenoxy) is 1. The molecule has 1 rings (SSSR count). The fourth-order valence-electron chi connectivity index (χ4n) is 2.16. The summed E-state index contributed by atoms with van der Waals surface area (Å²) in [6, 6.07) is -0.122. The highest BCUT2D eigenvalue weighted by atomic mass is 16.5. The Labute approximate surface area is 102 Å². The van der Waals surface area contributed by atoms with Crippen LogP contribution in [0.1, 0.15) is 26.7 Å². The molecule has 0 bridgehead atoms. The first-order valence-corrected chi connectivity index (χ1v) is 6.22. The summed E-state index contributed by atoms with van der Waals surface area (Å²) in [5.74, 6) is -0.0672. The van der Waals surface area contributed by atoms with Gasteiger partial charge in [-0.2, -0.15) is 0 Å². The molecule has 0 spiro atoms. The summed E-state index contributed by atoms with van der Waals surface area (Å²) in [5, 5.41) is 2.64. The third-order valence-corrected chi connectivity index (χ3v) is 3.32. The molecule has 1 aliphatic heterocycles. The molecule has 0 aliphatic carbocycles. The van der Waals surface area contributed by atoms with Crippen LogP contribution in [0.25, 0.3) is 0 Å². The number of nitrogens with one attached hydrogen (secondary N) is 1. The van der Waals surface area contributed by atoms with Crippen molar-refractivity contribution in [1.82, 2.24) is 10.2 Å². The van der Waals surface area contributed by atoms with Crippen LogP contribution in [0.15, 0.2) is 0 Å². The van der Waals surface area contributed by atoms with E-state index in [1.165, 1.54) is 0 Å². The molecule has 1 amide bonds. The molecule has 0 aromatic heterocycles. The van der Waals surface area contributed by atoms with Crippen LogP contribution >= 0.6 is 0 Å². The van der Waals surface area contributed by atoms with Gasteiger partial charge in [-0.25, -0.2) is 0 Å². The minimum Gasteiger partial charge on any atom is -0.466 e. The molecule has 1 aliphatic rings. The van der Waals surface area contributed by atoms with Gasteiger partial charge in [0.05, 0.1) is 18.6 Å². The van der Waals surface area contributed by atoms with Gasteiger partial charge < -0.3 is 10.1 Å². The van der Waals surface area contributed by atoms with Crippen LogP contribution < -0.4 is 5.32 Å². The van der Waals surface area contributed by atoms with Gasteiger partial charge in [0, 0.05) is 7.05 Å². The fourth-order valence-corrected chi connectivity index (χ4v) is 2.16. The molecule has 5 nitrogen and oxygen atoms in total. The Balaban J connectivity index is 2.40. The summed E-state index contributed by atoms with van der Waals surface area (Å²) in [4.78, 5) is 25.1. The highest BCUT2D eigenvalue weighted by Gasteiger charge is 2.29. The summed E-state index contributed by atoms with van der Waals surface area (Å²) in [7, 11) is 1.64. The Morgan fingerprint density at radius 1 is 1.41 bits per heavy atom. The zero-order valence-electron chi connectivity index (χ0n) is 10.9. The van der Waals surface area contributed by atoms with Crippen molar-refractivity contribution in [2.75, 3.05) is 26.7 Å². The predicted molar refractivity (Wildman–Crippen MR) is 64.5 cm³/mol. The van der Waals surface area contributed by atoms with Crippen molar-refractivity contribution in [3.8, 4) is 0 Å². The van der Waals surface area contributed by atoms with Gasteiger partial charge in [0.25, 0.3) is 0 Å². The zero-order valence-corrected chi connectivity index (χ0v) is 10.9. The maximum atomic E-state index is 11.5. The van der Waals surface area contributed by atoms with Gasteiger partial charge in [-0.3, -0.25) is 14.5 Å². The monoisotopic (exact) mass is 242 g/mol. The molecule has 1 unspecified atom stereocenters. The van der Waals surface area contributed by atoms with Crippen molar-refractivity contribution >= 4 is 11.9 Å². The Morgan fingerprint density at radius 2 is 2.00 bits per heavy atom. The summed E-state index contributed by atoms with van der Waals surface area (Å²) >= 11 is 0. The molecule has 0 radical (unpaired) electrons. The number of nitrogens with zero attached hydrogens (tertiary/aromatic N) is 1. The molecule has 1 heterocycles. The molecule has 1 saturated heterocycles. The van der Waals surface area contributed by atoms with Crippen molar-refractivity contribution in [3.63, 3.8) is 0 Å². The fraction of sp³-hybridized carbons (Fsp3) is 0.833. The Bertz CT molecular complexity index is 273. The average molecular weight is 242 g/mol. The van der Waals surface area contributed by atoms with Crippen molar-refractivity contribution < 1.29 is 14.3 Å². The maximum absolute atomic E-state index is 11.5. The van der Waals surface area contributed by atoms with Gasteiger partial charge >= 0.3 is 5.97 Å². The zero-order chi connectivity index (χ0) is 12.8. The van der Waals surface area contributed by atoms with Gasteiger partial charge in [0.1, 0.15) is 0 Å². The predicted octanol–water partition coefficient (Wildman–Crippen LogP) is 0.396. The number of amides is 1. The maximum Gasteiger partial charge on any atom is 0.309 e. The van der Waals surface area contributed by atoms with Gasteiger partial charge in [-0.15, -0.1) is 0 Å². The highest BCUT2D eigenvalue weighted by molar-refractivity contribution is 5.81. The quantitative estimate of drug-likeness (QED) is 0.725. The molecule has 5 heteroatoms.